The highest BCUT2D eigenvalue weighted by Crippen LogP contribution is 2.23. The summed E-state index contributed by atoms with van der Waals surface area (Å²) in [6.07, 6.45) is 0. The van der Waals surface area contributed by atoms with E-state index in [2.05, 4.69) is 67.7 Å². The SMILES string of the molecule is CCNC(C)c1ccc(-c2ccc3ccccc3n2)cc1. The molecular formula is C19H20N2. The van der Waals surface area contributed by atoms with Crippen molar-refractivity contribution in [3.63, 3.8) is 0 Å². The first-order valence-electron chi connectivity index (χ1n) is 7.47. The Morgan fingerprint density at radius 1 is 0.952 bits per heavy atom. The van der Waals surface area contributed by atoms with Crippen molar-refractivity contribution in [2.75, 3.05) is 6.54 Å². The standard InChI is InChI=1S/C19H20N2/c1-3-20-14(2)15-8-10-17(11-9-15)19-13-12-16-6-4-5-7-18(16)21-19/h4-14,20H,3H2,1-2H3. The number of aromatic nitrogens is 1. The maximum atomic E-state index is 4.74. The molecule has 1 unspecified atom stereocenters. The van der Waals surface area contributed by atoms with Crippen molar-refractivity contribution in [3.05, 3.63) is 66.2 Å². The van der Waals surface area contributed by atoms with Gasteiger partial charge < -0.3 is 5.32 Å². The largest absolute Gasteiger partial charge is 0.310 e. The van der Waals surface area contributed by atoms with Crippen LogP contribution >= 0.6 is 0 Å². The number of hydrogen-bond donors (Lipinski definition) is 1. The second-order valence-corrected chi connectivity index (χ2v) is 5.29. The van der Waals surface area contributed by atoms with Crippen LogP contribution in [-0.4, -0.2) is 11.5 Å². The molecule has 1 N–H and O–H groups in total. The molecule has 1 aromatic heterocycles. The summed E-state index contributed by atoms with van der Waals surface area (Å²) in [7, 11) is 0. The van der Waals surface area contributed by atoms with Gasteiger partial charge in [-0.1, -0.05) is 55.5 Å². The molecule has 0 aliphatic rings. The first kappa shape index (κ1) is 13.8. The van der Waals surface area contributed by atoms with Gasteiger partial charge in [0.05, 0.1) is 11.2 Å². The maximum Gasteiger partial charge on any atom is 0.0709 e. The molecule has 2 aromatic carbocycles. The fourth-order valence-electron chi connectivity index (χ4n) is 2.59. The number of hydrogen-bond acceptors (Lipinski definition) is 2. The number of para-hydroxylation sites is 1. The van der Waals surface area contributed by atoms with Gasteiger partial charge in [-0.3, -0.25) is 0 Å². The maximum absolute atomic E-state index is 4.74. The lowest BCUT2D eigenvalue weighted by molar-refractivity contribution is 0.598. The van der Waals surface area contributed by atoms with Crippen molar-refractivity contribution in [1.29, 1.82) is 0 Å². The minimum absolute atomic E-state index is 0.383. The van der Waals surface area contributed by atoms with Crippen LogP contribution in [0.3, 0.4) is 0 Å². The molecule has 21 heavy (non-hydrogen) atoms. The van der Waals surface area contributed by atoms with Crippen molar-refractivity contribution >= 4 is 10.9 Å². The highest BCUT2D eigenvalue weighted by atomic mass is 14.9. The smallest absolute Gasteiger partial charge is 0.0709 e. The summed E-state index contributed by atoms with van der Waals surface area (Å²) in [5, 5.41) is 4.61. The predicted octanol–water partition coefficient (Wildman–Crippen LogP) is 4.57. The van der Waals surface area contributed by atoms with Crippen LogP contribution in [0.25, 0.3) is 22.2 Å². The molecule has 0 saturated carbocycles. The normalized spacial score (nSPS) is 12.5. The van der Waals surface area contributed by atoms with Crippen molar-refractivity contribution in [2.24, 2.45) is 0 Å². The third-order valence-electron chi connectivity index (χ3n) is 3.82. The zero-order chi connectivity index (χ0) is 14.7. The van der Waals surface area contributed by atoms with E-state index < -0.39 is 0 Å². The second kappa shape index (κ2) is 6.06. The van der Waals surface area contributed by atoms with Crippen molar-refractivity contribution < 1.29 is 0 Å². The third-order valence-corrected chi connectivity index (χ3v) is 3.82. The monoisotopic (exact) mass is 276 g/mol. The summed E-state index contributed by atoms with van der Waals surface area (Å²) in [6, 6.07) is 21.5. The Kier molecular flexibility index (Phi) is 3.98. The minimum Gasteiger partial charge on any atom is -0.310 e. The summed E-state index contributed by atoms with van der Waals surface area (Å²) >= 11 is 0. The number of nitrogens with zero attached hydrogens (tertiary/aromatic N) is 1. The average Bonchev–Trinajstić information content (AvgIpc) is 2.55. The number of rotatable bonds is 4. The number of fused-ring (bicyclic) bond motifs is 1. The lowest BCUT2D eigenvalue weighted by Crippen LogP contribution is -2.17. The van der Waals surface area contributed by atoms with Crippen LogP contribution in [0, 0.1) is 0 Å². The van der Waals surface area contributed by atoms with Crippen LogP contribution in [0.2, 0.25) is 0 Å². The van der Waals surface area contributed by atoms with Crippen LogP contribution in [0.5, 0.6) is 0 Å². The molecule has 0 bridgehead atoms. The molecule has 106 valence electrons. The van der Waals surface area contributed by atoms with E-state index in [0.29, 0.717) is 6.04 Å². The van der Waals surface area contributed by atoms with Gasteiger partial charge in [0.25, 0.3) is 0 Å². The molecule has 0 radical (unpaired) electrons. The van der Waals surface area contributed by atoms with Crippen molar-refractivity contribution in [1.82, 2.24) is 10.3 Å². The topological polar surface area (TPSA) is 24.9 Å². The van der Waals surface area contributed by atoms with Crippen LogP contribution in [0.1, 0.15) is 25.5 Å². The molecule has 3 rings (SSSR count). The quantitative estimate of drug-likeness (QED) is 0.755. The lowest BCUT2D eigenvalue weighted by atomic mass is 10.0. The summed E-state index contributed by atoms with van der Waals surface area (Å²) in [4.78, 5) is 4.74. The molecule has 0 saturated heterocycles. The summed E-state index contributed by atoms with van der Waals surface area (Å²) in [6.45, 7) is 5.30. The van der Waals surface area contributed by atoms with E-state index in [4.69, 9.17) is 4.98 Å². The van der Waals surface area contributed by atoms with Gasteiger partial charge in [0, 0.05) is 17.0 Å². The fourth-order valence-corrected chi connectivity index (χ4v) is 2.59. The van der Waals surface area contributed by atoms with Crippen LogP contribution in [0.15, 0.2) is 60.7 Å². The Labute approximate surface area is 125 Å². The van der Waals surface area contributed by atoms with Gasteiger partial charge in [-0.15, -0.1) is 0 Å². The zero-order valence-electron chi connectivity index (χ0n) is 12.5. The van der Waals surface area contributed by atoms with Gasteiger partial charge >= 0.3 is 0 Å². The van der Waals surface area contributed by atoms with E-state index in [9.17, 15) is 0 Å². The zero-order valence-corrected chi connectivity index (χ0v) is 12.5. The second-order valence-electron chi connectivity index (χ2n) is 5.29. The Morgan fingerprint density at radius 2 is 1.71 bits per heavy atom. The first-order chi connectivity index (χ1) is 10.3. The van der Waals surface area contributed by atoms with Gasteiger partial charge in [0.15, 0.2) is 0 Å². The molecule has 2 heteroatoms. The molecular weight excluding hydrogens is 256 g/mol. The van der Waals surface area contributed by atoms with Gasteiger partial charge in [0.2, 0.25) is 0 Å². The van der Waals surface area contributed by atoms with E-state index in [1.54, 1.807) is 0 Å². The number of pyridine rings is 1. The lowest BCUT2D eigenvalue weighted by Gasteiger charge is -2.13. The van der Waals surface area contributed by atoms with E-state index in [1.165, 1.54) is 10.9 Å². The van der Waals surface area contributed by atoms with Crippen LogP contribution < -0.4 is 5.32 Å². The highest BCUT2D eigenvalue weighted by Gasteiger charge is 2.05. The molecule has 0 spiro atoms. The summed E-state index contributed by atoms with van der Waals surface area (Å²) in [5.41, 5.74) is 4.53. The highest BCUT2D eigenvalue weighted by molar-refractivity contribution is 5.81. The van der Waals surface area contributed by atoms with E-state index in [0.717, 1.165) is 23.3 Å². The van der Waals surface area contributed by atoms with Gasteiger partial charge in [-0.25, -0.2) is 4.98 Å². The Morgan fingerprint density at radius 3 is 2.48 bits per heavy atom. The molecule has 1 atom stereocenters. The summed E-state index contributed by atoms with van der Waals surface area (Å²) in [5.74, 6) is 0. The third kappa shape index (κ3) is 2.96. The van der Waals surface area contributed by atoms with E-state index in [-0.39, 0.29) is 0 Å². The molecule has 1 heterocycles. The van der Waals surface area contributed by atoms with Crippen LogP contribution in [0.4, 0.5) is 0 Å². The van der Waals surface area contributed by atoms with Crippen LogP contribution in [-0.2, 0) is 0 Å². The molecule has 2 nitrogen and oxygen atoms in total. The molecule has 0 aliphatic carbocycles. The van der Waals surface area contributed by atoms with Gasteiger partial charge in [-0.2, -0.15) is 0 Å². The fraction of sp³-hybridized carbons (Fsp3) is 0.211. The van der Waals surface area contributed by atoms with Gasteiger partial charge in [-0.05, 0) is 31.2 Å². The molecule has 3 aromatic rings. The Hall–Kier alpha value is -2.19. The first-order valence-corrected chi connectivity index (χ1v) is 7.47. The van der Waals surface area contributed by atoms with Gasteiger partial charge in [0.1, 0.15) is 0 Å². The minimum atomic E-state index is 0.383. The molecule has 0 fully saturated rings. The van der Waals surface area contributed by atoms with Crippen molar-refractivity contribution in [3.8, 4) is 11.3 Å². The Balaban J connectivity index is 1.91. The van der Waals surface area contributed by atoms with Crippen molar-refractivity contribution in [2.45, 2.75) is 19.9 Å². The molecule has 0 aliphatic heterocycles. The molecule has 0 amide bonds. The number of benzene rings is 2. The van der Waals surface area contributed by atoms with E-state index in [1.807, 2.05) is 12.1 Å². The average molecular weight is 276 g/mol. The Bertz CT molecular complexity index is 732. The summed E-state index contributed by atoms with van der Waals surface area (Å²) < 4.78 is 0. The van der Waals surface area contributed by atoms with E-state index >= 15 is 0 Å². The number of nitrogens with one attached hydrogen (secondary N) is 1. The predicted molar refractivity (Wildman–Crippen MR) is 89.3 cm³/mol.